The molecule has 0 fully saturated rings. The first-order valence-electron chi connectivity index (χ1n) is 12.8. The predicted octanol–water partition coefficient (Wildman–Crippen LogP) is 0.159. The lowest BCUT2D eigenvalue weighted by Crippen LogP contribution is -2.59. The molecule has 0 aliphatic heterocycles. The lowest BCUT2D eigenvalue weighted by atomic mass is 9.95. The third-order valence-corrected chi connectivity index (χ3v) is 6.66. The molecule has 1 aromatic carbocycles. The highest BCUT2D eigenvalue weighted by Crippen LogP contribution is 2.14. The lowest BCUT2D eigenvalue weighted by molar-refractivity contribution is -0.142. The van der Waals surface area contributed by atoms with Gasteiger partial charge in [0.2, 0.25) is 23.6 Å². The quantitative estimate of drug-likeness (QED) is 0.154. The highest BCUT2D eigenvalue weighted by molar-refractivity contribution is 5.94. The number of hydrogen-bond acceptors (Lipinski definition) is 7. The van der Waals surface area contributed by atoms with Gasteiger partial charge in [-0.15, -0.1) is 0 Å². The Bertz CT molecular complexity index is 969. The average Bonchev–Trinajstić information content (AvgIpc) is 2.88. The number of primary amides is 1. The third kappa shape index (κ3) is 10.4. The van der Waals surface area contributed by atoms with E-state index in [1.807, 2.05) is 20.8 Å². The Balaban J connectivity index is 3.20. The summed E-state index contributed by atoms with van der Waals surface area (Å²) in [5.74, 6) is -4.41. The number of aromatic hydroxyl groups is 1. The summed E-state index contributed by atoms with van der Waals surface area (Å²) in [5.41, 5.74) is 11.7. The van der Waals surface area contributed by atoms with Crippen molar-refractivity contribution in [1.82, 2.24) is 16.0 Å². The maximum Gasteiger partial charge on any atom is 0.326 e. The largest absolute Gasteiger partial charge is 0.508 e. The van der Waals surface area contributed by atoms with Crippen LogP contribution in [0.3, 0.4) is 0 Å². The maximum absolute atomic E-state index is 13.4. The van der Waals surface area contributed by atoms with Crippen molar-refractivity contribution in [2.75, 3.05) is 0 Å². The van der Waals surface area contributed by atoms with Crippen LogP contribution in [0.5, 0.6) is 5.75 Å². The summed E-state index contributed by atoms with van der Waals surface area (Å²) in [6, 6.07) is 1.49. The number of carboxylic acid groups (broad SMARTS) is 1. The van der Waals surface area contributed by atoms with Crippen molar-refractivity contribution < 1.29 is 34.2 Å². The number of amides is 4. The van der Waals surface area contributed by atoms with Crippen molar-refractivity contribution in [3.05, 3.63) is 29.8 Å². The summed E-state index contributed by atoms with van der Waals surface area (Å²) in [5, 5.41) is 26.8. The van der Waals surface area contributed by atoms with Crippen LogP contribution in [0.1, 0.15) is 58.9 Å². The summed E-state index contributed by atoms with van der Waals surface area (Å²) in [7, 11) is 0. The van der Waals surface area contributed by atoms with Gasteiger partial charge in [0.05, 0.1) is 6.04 Å². The van der Waals surface area contributed by atoms with Gasteiger partial charge in [0.15, 0.2) is 0 Å². The Labute approximate surface area is 222 Å². The van der Waals surface area contributed by atoms with E-state index < -0.39 is 53.8 Å². The van der Waals surface area contributed by atoms with E-state index in [0.29, 0.717) is 18.4 Å². The Morgan fingerprint density at radius 2 is 1.39 bits per heavy atom. The number of hydrogen-bond donors (Lipinski definition) is 7. The Kier molecular flexibility index (Phi) is 13.2. The van der Waals surface area contributed by atoms with E-state index in [4.69, 9.17) is 11.5 Å². The zero-order valence-electron chi connectivity index (χ0n) is 22.4. The molecule has 212 valence electrons. The zero-order valence-corrected chi connectivity index (χ0v) is 22.4. The first-order valence-corrected chi connectivity index (χ1v) is 12.8. The van der Waals surface area contributed by atoms with Gasteiger partial charge in [-0.2, -0.15) is 0 Å². The van der Waals surface area contributed by atoms with Gasteiger partial charge in [-0.3, -0.25) is 19.2 Å². The van der Waals surface area contributed by atoms with Gasteiger partial charge >= 0.3 is 5.97 Å². The first kappa shape index (κ1) is 32.4. The van der Waals surface area contributed by atoms with Crippen LogP contribution in [0.2, 0.25) is 0 Å². The minimum absolute atomic E-state index is 0.00775. The SMILES string of the molecule is CCC(C)C(N)C(=O)NC(C(=O)NC(Cc1ccc(O)cc1)C(=O)NC(CCC(N)=O)C(=O)O)C(C)CC. The molecule has 0 saturated carbocycles. The normalized spacial score (nSPS) is 15.7. The van der Waals surface area contributed by atoms with E-state index in [1.165, 1.54) is 12.1 Å². The van der Waals surface area contributed by atoms with Crippen LogP contribution in [0.4, 0.5) is 0 Å². The van der Waals surface area contributed by atoms with Crippen LogP contribution in [0.25, 0.3) is 0 Å². The molecule has 0 saturated heterocycles. The van der Waals surface area contributed by atoms with Gasteiger partial charge in [0, 0.05) is 12.8 Å². The van der Waals surface area contributed by atoms with Crippen LogP contribution >= 0.6 is 0 Å². The van der Waals surface area contributed by atoms with Crippen LogP contribution < -0.4 is 27.4 Å². The Morgan fingerprint density at radius 3 is 1.89 bits per heavy atom. The van der Waals surface area contributed by atoms with Crippen molar-refractivity contribution in [2.24, 2.45) is 23.3 Å². The molecule has 9 N–H and O–H groups in total. The summed E-state index contributed by atoms with van der Waals surface area (Å²) >= 11 is 0. The standard InChI is InChI=1S/C26H41N5O7/c1-5-14(3)21(28)24(35)31-22(15(4)6-2)25(36)30-19(13-16-7-9-17(32)10-8-16)23(34)29-18(26(37)38)11-12-20(27)33/h7-10,14-15,18-19,21-22,32H,5-6,11-13,28H2,1-4H3,(H2,27,33)(H,29,34)(H,30,36)(H,31,35)(H,37,38). The van der Waals surface area contributed by atoms with Gasteiger partial charge < -0.3 is 37.6 Å². The van der Waals surface area contributed by atoms with Crippen molar-refractivity contribution in [3.63, 3.8) is 0 Å². The zero-order chi connectivity index (χ0) is 29.0. The van der Waals surface area contributed by atoms with Gasteiger partial charge in [0.1, 0.15) is 23.9 Å². The molecule has 0 bridgehead atoms. The number of nitrogens with one attached hydrogen (secondary N) is 3. The molecule has 0 aliphatic carbocycles. The van der Waals surface area contributed by atoms with Crippen molar-refractivity contribution in [1.29, 1.82) is 0 Å². The monoisotopic (exact) mass is 535 g/mol. The lowest BCUT2D eigenvalue weighted by Gasteiger charge is -2.29. The highest BCUT2D eigenvalue weighted by Gasteiger charge is 2.33. The second kappa shape index (κ2) is 15.6. The minimum Gasteiger partial charge on any atom is -0.508 e. The molecule has 12 heteroatoms. The van der Waals surface area contributed by atoms with E-state index in [1.54, 1.807) is 19.1 Å². The van der Waals surface area contributed by atoms with Gasteiger partial charge in [-0.1, -0.05) is 52.7 Å². The summed E-state index contributed by atoms with van der Waals surface area (Å²) < 4.78 is 0. The number of nitrogens with two attached hydrogens (primary N) is 2. The predicted molar refractivity (Wildman–Crippen MR) is 141 cm³/mol. The molecule has 6 atom stereocenters. The van der Waals surface area contributed by atoms with Crippen molar-refractivity contribution in [3.8, 4) is 5.75 Å². The second-order valence-corrected chi connectivity index (χ2v) is 9.62. The fraction of sp³-hybridized carbons (Fsp3) is 0.577. The molecule has 0 radical (unpaired) electrons. The van der Waals surface area contributed by atoms with Gasteiger partial charge in [0.25, 0.3) is 0 Å². The van der Waals surface area contributed by atoms with E-state index in [9.17, 15) is 34.2 Å². The van der Waals surface area contributed by atoms with E-state index in [0.717, 1.165) is 0 Å². The average molecular weight is 536 g/mol. The summed E-state index contributed by atoms with van der Waals surface area (Å²) in [6.07, 6.45) is 0.692. The molecular formula is C26H41N5O7. The molecule has 0 spiro atoms. The smallest absolute Gasteiger partial charge is 0.326 e. The van der Waals surface area contributed by atoms with Crippen molar-refractivity contribution >= 4 is 29.6 Å². The number of carbonyl (C=O) groups is 5. The number of phenols is 1. The molecule has 38 heavy (non-hydrogen) atoms. The Morgan fingerprint density at radius 1 is 0.842 bits per heavy atom. The van der Waals surface area contributed by atoms with Gasteiger partial charge in [-0.05, 0) is 36.0 Å². The van der Waals surface area contributed by atoms with E-state index in [2.05, 4.69) is 16.0 Å². The molecule has 1 rings (SSSR count). The molecular weight excluding hydrogens is 494 g/mol. The first-order chi connectivity index (χ1) is 17.8. The summed E-state index contributed by atoms with van der Waals surface area (Å²) in [4.78, 5) is 62.1. The molecule has 0 aliphatic rings. The highest BCUT2D eigenvalue weighted by atomic mass is 16.4. The second-order valence-electron chi connectivity index (χ2n) is 9.62. The van der Waals surface area contributed by atoms with Crippen LogP contribution in [0, 0.1) is 11.8 Å². The number of phenolic OH excluding ortho intramolecular Hbond substituents is 1. The van der Waals surface area contributed by atoms with Crippen LogP contribution in [0.15, 0.2) is 24.3 Å². The van der Waals surface area contributed by atoms with E-state index in [-0.39, 0.29) is 36.8 Å². The molecule has 1 aromatic rings. The van der Waals surface area contributed by atoms with Crippen LogP contribution in [-0.4, -0.2) is 64.0 Å². The molecule has 12 nitrogen and oxygen atoms in total. The number of benzene rings is 1. The molecule has 0 aromatic heterocycles. The molecule has 6 unspecified atom stereocenters. The third-order valence-electron chi connectivity index (χ3n) is 6.66. The maximum atomic E-state index is 13.4. The van der Waals surface area contributed by atoms with E-state index >= 15 is 0 Å². The van der Waals surface area contributed by atoms with Crippen LogP contribution in [-0.2, 0) is 30.4 Å². The van der Waals surface area contributed by atoms with Gasteiger partial charge in [-0.25, -0.2) is 4.79 Å². The molecule has 4 amide bonds. The number of aliphatic carboxylic acids is 1. The minimum atomic E-state index is -1.41. The van der Waals surface area contributed by atoms with Crippen molar-refractivity contribution in [2.45, 2.75) is 84.0 Å². The number of rotatable bonds is 16. The fourth-order valence-corrected chi connectivity index (χ4v) is 3.62. The summed E-state index contributed by atoms with van der Waals surface area (Å²) in [6.45, 7) is 7.36. The number of carbonyl (C=O) groups excluding carboxylic acids is 4. The Hall–Kier alpha value is -3.67. The topological polar surface area (TPSA) is 214 Å². The fourth-order valence-electron chi connectivity index (χ4n) is 3.62. The number of carboxylic acids is 1. The molecule has 0 heterocycles.